The van der Waals surface area contributed by atoms with Gasteiger partial charge in [-0.15, -0.1) is 0 Å². The van der Waals surface area contributed by atoms with Gasteiger partial charge in [0.1, 0.15) is 11.5 Å². The summed E-state index contributed by atoms with van der Waals surface area (Å²) in [6.07, 6.45) is 3.08. The summed E-state index contributed by atoms with van der Waals surface area (Å²) in [5, 5.41) is 14.1. The first-order valence-electron chi connectivity index (χ1n) is 10.2. The maximum Gasteiger partial charge on any atom is 0.300 e. The molecule has 2 heterocycles. The number of anilines is 2. The number of ether oxygens (including phenoxy) is 1. The third-order valence-corrected chi connectivity index (χ3v) is 5.65. The van der Waals surface area contributed by atoms with Gasteiger partial charge in [0, 0.05) is 36.3 Å². The Morgan fingerprint density at radius 1 is 1.15 bits per heavy atom. The van der Waals surface area contributed by atoms with E-state index in [-0.39, 0.29) is 22.1 Å². The van der Waals surface area contributed by atoms with E-state index >= 15 is 0 Å². The summed E-state index contributed by atoms with van der Waals surface area (Å²) in [7, 11) is 1.46. The molecule has 0 saturated carbocycles. The zero-order chi connectivity index (χ0) is 24.4. The third-order valence-electron chi connectivity index (χ3n) is 5.32. The van der Waals surface area contributed by atoms with Gasteiger partial charge in [-0.05, 0) is 48.0 Å². The lowest BCUT2D eigenvalue weighted by Crippen LogP contribution is -2.29. The molecule has 1 aliphatic rings. The van der Waals surface area contributed by atoms with Gasteiger partial charge in [-0.2, -0.15) is 0 Å². The lowest BCUT2D eigenvalue weighted by atomic mass is 9.96. The number of hydrogen-bond donors (Lipinski definition) is 2. The summed E-state index contributed by atoms with van der Waals surface area (Å²) >= 11 is 6.31. The Hall–Kier alpha value is -4.17. The van der Waals surface area contributed by atoms with Gasteiger partial charge in [0.05, 0.1) is 23.7 Å². The Morgan fingerprint density at radius 2 is 1.94 bits per heavy atom. The fraction of sp³-hybridized carbons (Fsp3) is 0.120. The number of Topliss-reactive ketones (excluding diaryl/α,β-unsaturated/α-hetero) is 1. The van der Waals surface area contributed by atoms with Crippen LogP contribution in [0.25, 0.3) is 5.76 Å². The van der Waals surface area contributed by atoms with Crippen LogP contribution in [-0.4, -0.2) is 34.8 Å². The van der Waals surface area contributed by atoms with E-state index < -0.39 is 23.5 Å². The van der Waals surface area contributed by atoms with Crippen molar-refractivity contribution in [2.75, 3.05) is 17.3 Å². The van der Waals surface area contributed by atoms with E-state index in [1.54, 1.807) is 48.7 Å². The molecule has 8 nitrogen and oxygen atoms in total. The molecular formula is C25H20ClN3O5. The van der Waals surface area contributed by atoms with Crippen molar-refractivity contribution in [3.63, 3.8) is 0 Å². The van der Waals surface area contributed by atoms with Crippen molar-refractivity contribution in [1.29, 1.82) is 0 Å². The van der Waals surface area contributed by atoms with Gasteiger partial charge in [-0.3, -0.25) is 24.3 Å². The standard InChI is InChI=1S/C25H20ClN3O5/c1-14(30)28-16-6-3-7-17(11-16)29-22(15-5-4-10-27-13-15)21(24(32)25(29)33)23(31)19-12-18(34-2)8-9-20(19)26/h3-13,22,31H,1-2H3,(H,28,30)/b23-21+. The molecule has 2 aromatic carbocycles. The maximum absolute atomic E-state index is 13.2. The van der Waals surface area contributed by atoms with Crippen LogP contribution in [0.15, 0.2) is 72.6 Å². The number of rotatable bonds is 5. The molecule has 34 heavy (non-hydrogen) atoms. The lowest BCUT2D eigenvalue weighted by molar-refractivity contribution is -0.132. The van der Waals surface area contributed by atoms with Crippen LogP contribution >= 0.6 is 11.6 Å². The number of aromatic nitrogens is 1. The predicted octanol–water partition coefficient (Wildman–Crippen LogP) is 4.33. The monoisotopic (exact) mass is 477 g/mol. The average molecular weight is 478 g/mol. The van der Waals surface area contributed by atoms with Crippen molar-refractivity contribution in [2.45, 2.75) is 13.0 Å². The summed E-state index contributed by atoms with van der Waals surface area (Å²) in [5.41, 5.74) is 1.33. The fourth-order valence-electron chi connectivity index (χ4n) is 3.85. The van der Waals surface area contributed by atoms with E-state index in [0.29, 0.717) is 22.7 Å². The highest BCUT2D eigenvalue weighted by Crippen LogP contribution is 2.43. The summed E-state index contributed by atoms with van der Waals surface area (Å²) in [4.78, 5) is 43.4. The van der Waals surface area contributed by atoms with Crippen LogP contribution in [0.5, 0.6) is 5.75 Å². The van der Waals surface area contributed by atoms with Crippen molar-refractivity contribution >= 4 is 46.3 Å². The van der Waals surface area contributed by atoms with Crippen LogP contribution in [0, 0.1) is 0 Å². The first kappa shape index (κ1) is 23.0. The van der Waals surface area contributed by atoms with Crippen LogP contribution in [0.4, 0.5) is 11.4 Å². The van der Waals surface area contributed by atoms with E-state index in [0.717, 1.165) is 0 Å². The van der Waals surface area contributed by atoms with Crippen molar-refractivity contribution in [3.05, 3.63) is 88.7 Å². The number of nitrogens with zero attached hydrogens (tertiary/aromatic N) is 2. The first-order valence-corrected chi connectivity index (χ1v) is 10.6. The fourth-order valence-corrected chi connectivity index (χ4v) is 4.05. The van der Waals surface area contributed by atoms with Crippen LogP contribution in [0.1, 0.15) is 24.1 Å². The number of pyridine rings is 1. The first-order chi connectivity index (χ1) is 16.3. The number of nitrogens with one attached hydrogen (secondary N) is 1. The second kappa shape index (κ2) is 9.36. The highest BCUT2D eigenvalue weighted by molar-refractivity contribution is 6.52. The average Bonchev–Trinajstić information content (AvgIpc) is 3.10. The van der Waals surface area contributed by atoms with Gasteiger partial charge in [0.15, 0.2) is 0 Å². The van der Waals surface area contributed by atoms with Crippen LogP contribution in [0.2, 0.25) is 5.02 Å². The molecule has 4 rings (SSSR count). The SMILES string of the molecule is COc1ccc(Cl)c(/C(O)=C2\C(=O)C(=O)N(c3cccc(NC(C)=O)c3)C2c2cccnc2)c1. The minimum atomic E-state index is -0.983. The van der Waals surface area contributed by atoms with E-state index in [4.69, 9.17) is 16.3 Å². The number of halogens is 1. The number of aliphatic hydroxyl groups excluding tert-OH is 1. The van der Waals surface area contributed by atoms with Crippen molar-refractivity contribution in [3.8, 4) is 5.75 Å². The number of carbonyl (C=O) groups is 3. The molecule has 1 aromatic heterocycles. The zero-order valence-electron chi connectivity index (χ0n) is 18.3. The zero-order valence-corrected chi connectivity index (χ0v) is 19.0. The molecule has 0 spiro atoms. The summed E-state index contributed by atoms with van der Waals surface area (Å²) in [6.45, 7) is 1.37. The minimum absolute atomic E-state index is 0.141. The summed E-state index contributed by atoms with van der Waals surface area (Å²) in [5.74, 6) is -2.02. The molecule has 2 N–H and O–H groups in total. The second-order valence-corrected chi connectivity index (χ2v) is 7.94. The second-order valence-electron chi connectivity index (χ2n) is 7.53. The Labute approximate surface area is 200 Å². The predicted molar refractivity (Wildman–Crippen MR) is 128 cm³/mol. The smallest absolute Gasteiger partial charge is 0.300 e. The number of benzene rings is 2. The van der Waals surface area contributed by atoms with Gasteiger partial charge < -0.3 is 15.2 Å². The molecule has 1 aliphatic heterocycles. The van der Waals surface area contributed by atoms with E-state index in [1.165, 1.54) is 37.3 Å². The molecule has 0 radical (unpaired) electrons. The quantitative estimate of drug-likeness (QED) is 0.321. The topological polar surface area (TPSA) is 109 Å². The van der Waals surface area contributed by atoms with Gasteiger partial charge in [-0.1, -0.05) is 23.7 Å². The highest BCUT2D eigenvalue weighted by Gasteiger charge is 2.47. The summed E-state index contributed by atoms with van der Waals surface area (Å²) in [6, 6.07) is 13.6. The molecule has 1 unspecified atom stereocenters. The highest BCUT2D eigenvalue weighted by atomic mass is 35.5. The third kappa shape index (κ3) is 4.23. The van der Waals surface area contributed by atoms with Crippen LogP contribution in [-0.2, 0) is 14.4 Å². The number of ketones is 1. The van der Waals surface area contributed by atoms with Gasteiger partial charge in [0.25, 0.3) is 11.7 Å². The van der Waals surface area contributed by atoms with Crippen LogP contribution < -0.4 is 15.0 Å². The van der Waals surface area contributed by atoms with Gasteiger partial charge in [-0.25, -0.2) is 0 Å². The Morgan fingerprint density at radius 3 is 2.62 bits per heavy atom. The molecule has 1 atom stereocenters. The largest absolute Gasteiger partial charge is 0.507 e. The summed E-state index contributed by atoms with van der Waals surface area (Å²) < 4.78 is 5.22. The normalized spacial score (nSPS) is 17.0. The number of carbonyl (C=O) groups excluding carboxylic acids is 3. The molecule has 2 amide bonds. The maximum atomic E-state index is 13.2. The van der Waals surface area contributed by atoms with E-state index in [9.17, 15) is 19.5 Å². The molecule has 0 aliphatic carbocycles. The van der Waals surface area contributed by atoms with E-state index in [1.807, 2.05) is 0 Å². The number of hydrogen-bond acceptors (Lipinski definition) is 6. The number of aliphatic hydroxyl groups is 1. The van der Waals surface area contributed by atoms with Crippen molar-refractivity contribution in [2.24, 2.45) is 0 Å². The number of amides is 2. The molecule has 172 valence electrons. The molecule has 0 bridgehead atoms. The molecule has 9 heteroatoms. The van der Waals surface area contributed by atoms with E-state index in [2.05, 4.69) is 10.3 Å². The van der Waals surface area contributed by atoms with Gasteiger partial charge in [0.2, 0.25) is 5.91 Å². The molecule has 3 aromatic rings. The Bertz CT molecular complexity index is 1320. The molecule has 1 saturated heterocycles. The Balaban J connectivity index is 1.93. The molecule has 1 fully saturated rings. The van der Waals surface area contributed by atoms with Gasteiger partial charge >= 0.3 is 0 Å². The van der Waals surface area contributed by atoms with Crippen molar-refractivity contribution < 1.29 is 24.2 Å². The Kier molecular flexibility index (Phi) is 6.34. The van der Waals surface area contributed by atoms with Crippen LogP contribution in [0.3, 0.4) is 0 Å². The minimum Gasteiger partial charge on any atom is -0.507 e. The van der Waals surface area contributed by atoms with Crippen molar-refractivity contribution in [1.82, 2.24) is 4.98 Å². The lowest BCUT2D eigenvalue weighted by Gasteiger charge is -2.25. The molecular weight excluding hydrogens is 458 g/mol. The number of methoxy groups -OCH3 is 1.